The highest BCUT2D eigenvalue weighted by molar-refractivity contribution is 6.15. The van der Waals surface area contributed by atoms with Gasteiger partial charge in [-0.05, 0) is 18.9 Å². The Morgan fingerprint density at radius 1 is 1.30 bits per heavy atom. The smallest absolute Gasteiger partial charge is 0.248 e. The van der Waals surface area contributed by atoms with Crippen LogP contribution in [-0.4, -0.2) is 29.0 Å². The molecule has 0 bridgehead atoms. The van der Waals surface area contributed by atoms with Crippen LogP contribution < -0.4 is 16.2 Å². The first kappa shape index (κ1) is 16.8. The van der Waals surface area contributed by atoms with Crippen LogP contribution in [0.3, 0.4) is 0 Å². The van der Waals surface area contributed by atoms with E-state index in [0.717, 1.165) is 0 Å². The number of nitriles is 1. The monoisotopic (exact) mass is 364 g/mol. The summed E-state index contributed by atoms with van der Waals surface area (Å²) < 4.78 is 5.54. The Kier molecular flexibility index (Phi) is 3.56. The summed E-state index contributed by atoms with van der Waals surface area (Å²) >= 11 is 0. The third-order valence-electron chi connectivity index (χ3n) is 5.21. The normalized spacial score (nSPS) is 23.9. The van der Waals surface area contributed by atoms with Crippen molar-refractivity contribution in [3.05, 3.63) is 52.6 Å². The number of carbonyl (C=O) groups is 3. The molecule has 0 aromatic heterocycles. The first-order chi connectivity index (χ1) is 12.9. The quantitative estimate of drug-likeness (QED) is 0.776. The highest BCUT2D eigenvalue weighted by atomic mass is 16.5. The van der Waals surface area contributed by atoms with E-state index in [2.05, 4.69) is 0 Å². The number of ketones is 1. The van der Waals surface area contributed by atoms with E-state index in [0.29, 0.717) is 29.9 Å². The minimum atomic E-state index is -1.70. The lowest BCUT2D eigenvalue weighted by Crippen LogP contribution is -2.48. The summed E-state index contributed by atoms with van der Waals surface area (Å²) in [5.74, 6) is -1.45. The summed E-state index contributed by atoms with van der Waals surface area (Å²) in [6.07, 6.45) is 1.24. The second-order valence-electron chi connectivity index (χ2n) is 6.66. The Hall–Kier alpha value is -3.60. The van der Waals surface area contributed by atoms with E-state index >= 15 is 0 Å². The Morgan fingerprint density at radius 2 is 2.04 bits per heavy atom. The zero-order valence-electron chi connectivity index (χ0n) is 14.3. The molecular weight excluding hydrogens is 348 g/mol. The molecule has 1 aromatic carbocycles. The Labute approximate surface area is 154 Å². The molecule has 1 spiro atoms. The van der Waals surface area contributed by atoms with Crippen molar-refractivity contribution in [3.8, 4) is 11.8 Å². The van der Waals surface area contributed by atoms with Crippen molar-refractivity contribution in [1.82, 2.24) is 4.90 Å². The number of para-hydroxylation sites is 1. The van der Waals surface area contributed by atoms with Gasteiger partial charge in [0.25, 0.3) is 0 Å². The second kappa shape index (κ2) is 5.71. The van der Waals surface area contributed by atoms with Crippen LogP contribution in [0, 0.1) is 11.3 Å². The molecule has 0 saturated carbocycles. The van der Waals surface area contributed by atoms with Gasteiger partial charge >= 0.3 is 0 Å². The van der Waals surface area contributed by atoms with E-state index < -0.39 is 17.2 Å². The third kappa shape index (κ3) is 2.05. The maximum absolute atomic E-state index is 13.6. The SMILES string of the molecule is N#CC1=C(N)Oc2ccccc2[C@]12C(=O)N(CC(N)=O)C1=C2C(=O)CCC1. The van der Waals surface area contributed by atoms with Crippen LogP contribution >= 0.6 is 0 Å². The van der Waals surface area contributed by atoms with Gasteiger partial charge in [0.2, 0.25) is 17.7 Å². The molecule has 1 aromatic rings. The number of nitrogens with zero attached hydrogens (tertiary/aromatic N) is 2. The molecule has 4 N–H and O–H groups in total. The van der Waals surface area contributed by atoms with Gasteiger partial charge in [-0.25, -0.2) is 0 Å². The minimum absolute atomic E-state index is 0.138. The molecule has 2 aliphatic heterocycles. The van der Waals surface area contributed by atoms with Gasteiger partial charge in [0, 0.05) is 23.3 Å². The zero-order chi connectivity index (χ0) is 19.3. The lowest BCUT2D eigenvalue weighted by atomic mass is 9.65. The number of ether oxygens (including phenoxy) is 1. The van der Waals surface area contributed by atoms with E-state index in [1.165, 1.54) is 4.90 Å². The highest BCUT2D eigenvalue weighted by Crippen LogP contribution is 2.55. The zero-order valence-corrected chi connectivity index (χ0v) is 14.3. The van der Waals surface area contributed by atoms with Gasteiger partial charge in [0.05, 0.1) is 0 Å². The molecule has 8 heteroatoms. The molecule has 1 aliphatic carbocycles. The molecule has 0 radical (unpaired) electrons. The fraction of sp³-hybridized carbons (Fsp3) is 0.263. The lowest BCUT2D eigenvalue weighted by Gasteiger charge is -2.35. The summed E-state index contributed by atoms with van der Waals surface area (Å²) in [6, 6.07) is 8.62. The molecule has 2 amide bonds. The van der Waals surface area contributed by atoms with E-state index in [9.17, 15) is 19.6 Å². The van der Waals surface area contributed by atoms with Gasteiger partial charge in [-0.15, -0.1) is 0 Å². The molecule has 136 valence electrons. The number of nitrogens with two attached hydrogens (primary N) is 2. The standard InChI is InChI=1S/C19H16N4O4/c20-8-11-17(22)27-14-7-2-1-4-10(14)19(11)16-12(5-3-6-13(16)24)23(18(19)26)9-15(21)25/h1-2,4,7H,3,5-6,9,22H2,(H2,21,25)/t19-/m0/s1. The van der Waals surface area contributed by atoms with E-state index in [-0.39, 0.29) is 35.8 Å². The van der Waals surface area contributed by atoms with Gasteiger partial charge in [-0.3, -0.25) is 14.4 Å². The van der Waals surface area contributed by atoms with Crippen molar-refractivity contribution in [1.29, 1.82) is 5.26 Å². The predicted molar refractivity (Wildman–Crippen MR) is 92.4 cm³/mol. The number of primary amides is 1. The molecule has 0 saturated heterocycles. The van der Waals surface area contributed by atoms with Crippen molar-refractivity contribution in [2.45, 2.75) is 24.7 Å². The van der Waals surface area contributed by atoms with Crippen LogP contribution in [0.15, 0.2) is 47.0 Å². The van der Waals surface area contributed by atoms with Gasteiger partial charge in [0.15, 0.2) is 5.78 Å². The minimum Gasteiger partial charge on any atom is -0.440 e. The molecular formula is C19H16N4O4. The highest BCUT2D eigenvalue weighted by Gasteiger charge is 2.62. The number of fused-ring (bicyclic) bond motifs is 3. The summed E-state index contributed by atoms with van der Waals surface area (Å²) in [5.41, 5.74) is 10.5. The number of rotatable bonds is 2. The van der Waals surface area contributed by atoms with E-state index in [1.807, 2.05) is 6.07 Å². The van der Waals surface area contributed by atoms with Crippen molar-refractivity contribution < 1.29 is 19.1 Å². The maximum atomic E-state index is 13.6. The van der Waals surface area contributed by atoms with Gasteiger partial charge in [0.1, 0.15) is 29.4 Å². The summed E-state index contributed by atoms with van der Waals surface area (Å²) in [7, 11) is 0. The van der Waals surface area contributed by atoms with Crippen LogP contribution in [-0.2, 0) is 19.8 Å². The summed E-state index contributed by atoms with van der Waals surface area (Å²) in [4.78, 5) is 39.4. The third-order valence-corrected chi connectivity index (χ3v) is 5.21. The van der Waals surface area contributed by atoms with E-state index in [1.54, 1.807) is 24.3 Å². The van der Waals surface area contributed by atoms with Crippen LogP contribution in [0.4, 0.5) is 0 Å². The molecule has 8 nitrogen and oxygen atoms in total. The number of Topliss-reactive ketones (excluding diaryl/α,β-unsaturated/α-hetero) is 1. The largest absolute Gasteiger partial charge is 0.440 e. The van der Waals surface area contributed by atoms with Gasteiger partial charge in [-0.2, -0.15) is 5.26 Å². The molecule has 3 aliphatic rings. The van der Waals surface area contributed by atoms with Crippen molar-refractivity contribution in [2.24, 2.45) is 11.5 Å². The number of benzene rings is 1. The van der Waals surface area contributed by atoms with Crippen LogP contribution in [0.1, 0.15) is 24.8 Å². The summed E-state index contributed by atoms with van der Waals surface area (Å²) in [5, 5.41) is 9.81. The number of hydrogen-bond acceptors (Lipinski definition) is 6. The fourth-order valence-corrected chi connectivity index (χ4v) is 4.25. The molecule has 27 heavy (non-hydrogen) atoms. The molecule has 0 unspecified atom stereocenters. The van der Waals surface area contributed by atoms with Crippen LogP contribution in [0.5, 0.6) is 5.75 Å². The predicted octanol–water partition coefficient (Wildman–Crippen LogP) is 0.345. The van der Waals surface area contributed by atoms with Crippen molar-refractivity contribution in [3.63, 3.8) is 0 Å². The Morgan fingerprint density at radius 3 is 2.74 bits per heavy atom. The number of amides is 2. The van der Waals surface area contributed by atoms with E-state index in [4.69, 9.17) is 16.2 Å². The fourth-order valence-electron chi connectivity index (χ4n) is 4.25. The summed E-state index contributed by atoms with van der Waals surface area (Å²) in [6.45, 7) is -0.367. The number of allylic oxidation sites excluding steroid dienone is 1. The topological polar surface area (TPSA) is 140 Å². The first-order valence-corrected chi connectivity index (χ1v) is 8.47. The lowest BCUT2D eigenvalue weighted by molar-refractivity contribution is -0.134. The number of carbonyl (C=O) groups excluding carboxylic acids is 3. The molecule has 1 atom stereocenters. The molecule has 4 rings (SSSR count). The average Bonchev–Trinajstić information content (AvgIpc) is 2.86. The maximum Gasteiger partial charge on any atom is 0.248 e. The van der Waals surface area contributed by atoms with Gasteiger partial charge in [-0.1, -0.05) is 18.2 Å². The van der Waals surface area contributed by atoms with Crippen LogP contribution in [0.2, 0.25) is 0 Å². The first-order valence-electron chi connectivity index (χ1n) is 8.47. The average molecular weight is 364 g/mol. The molecule has 2 heterocycles. The molecule has 0 fully saturated rings. The Bertz CT molecular complexity index is 1020. The second-order valence-corrected chi connectivity index (χ2v) is 6.66. The van der Waals surface area contributed by atoms with Crippen molar-refractivity contribution >= 4 is 17.6 Å². The Balaban J connectivity index is 2.10. The van der Waals surface area contributed by atoms with Gasteiger partial charge < -0.3 is 21.1 Å². The van der Waals surface area contributed by atoms with Crippen LogP contribution in [0.25, 0.3) is 0 Å². The number of hydrogen-bond donors (Lipinski definition) is 2. The van der Waals surface area contributed by atoms with Crippen molar-refractivity contribution in [2.75, 3.05) is 6.54 Å².